The van der Waals surface area contributed by atoms with Crippen LogP contribution in [0.15, 0.2) is 11.3 Å². The summed E-state index contributed by atoms with van der Waals surface area (Å²) in [4.78, 5) is 0. The molecule has 8 aliphatic rings. The molecule has 7 fully saturated rings. The first-order chi connectivity index (χ1) is 29.4. The zero-order valence-corrected chi connectivity index (χ0v) is 36.2. The van der Waals surface area contributed by atoms with Gasteiger partial charge in [-0.05, 0) is 104 Å². The molecule has 4 aliphatic carbocycles. The molecule has 0 aromatic rings. The fourth-order valence-corrected chi connectivity index (χ4v) is 13.6. The van der Waals surface area contributed by atoms with E-state index in [1.54, 1.807) is 0 Å². The van der Waals surface area contributed by atoms with Gasteiger partial charge in [0.25, 0.3) is 0 Å². The summed E-state index contributed by atoms with van der Waals surface area (Å²) in [6.45, 7) is 7.61. The van der Waals surface area contributed by atoms with Crippen LogP contribution in [0.4, 0.5) is 0 Å². The lowest BCUT2D eigenvalue weighted by atomic mass is 9.44. The van der Waals surface area contributed by atoms with E-state index in [1.807, 2.05) is 6.92 Å². The van der Waals surface area contributed by atoms with Crippen molar-refractivity contribution in [1.29, 1.82) is 0 Å². The van der Waals surface area contributed by atoms with Crippen LogP contribution in [0.5, 0.6) is 0 Å². The van der Waals surface area contributed by atoms with Crippen molar-refractivity contribution in [2.45, 2.75) is 190 Å². The molecule has 25 atom stereocenters. The molecule has 62 heavy (non-hydrogen) atoms. The van der Waals surface area contributed by atoms with Crippen molar-refractivity contribution >= 4 is 0 Å². The predicted octanol–water partition coefficient (Wildman–Crippen LogP) is -1.22. The van der Waals surface area contributed by atoms with E-state index in [2.05, 4.69) is 20.8 Å². The summed E-state index contributed by atoms with van der Waals surface area (Å²) in [7, 11) is 0. The van der Waals surface area contributed by atoms with E-state index < -0.39 is 112 Å². The fraction of sp³-hybridized carbons (Fsp3) is 0.955. The monoisotopic (exact) mass is 888 g/mol. The Kier molecular flexibility index (Phi) is 14.1. The molecule has 0 aromatic carbocycles. The van der Waals surface area contributed by atoms with Gasteiger partial charge in [0.15, 0.2) is 18.9 Å². The molecular weight excluding hydrogens is 816 g/mol. The van der Waals surface area contributed by atoms with E-state index in [1.165, 1.54) is 5.57 Å². The Morgan fingerprint density at radius 2 is 1.21 bits per heavy atom. The highest BCUT2D eigenvalue weighted by molar-refractivity contribution is 5.27. The Morgan fingerprint density at radius 1 is 0.629 bits per heavy atom. The SMILES string of the molecule is CC1=C(CC(C)CO[C@H]2O[C@@H](CO)[C@H](O)[C@@H](O)[C@@H]2O)OC2CC3C4CC[C@@H]5CC(O[C@@H]6O[C@H](CO)[C@H](O)[C@H](O)[C@H]6O[C@@H]6O[C@H](CO)[C@@H](O)[C@H](O)[C@H]6O)CC[C@]5(C)C4CC[C@]3(C)C12. The quantitative estimate of drug-likeness (QED) is 0.102. The van der Waals surface area contributed by atoms with Crippen LogP contribution in [0, 0.1) is 46.3 Å². The minimum atomic E-state index is -1.74. The summed E-state index contributed by atoms with van der Waals surface area (Å²) in [6.07, 6.45) is -13.3. The second-order valence-corrected chi connectivity index (χ2v) is 20.6. The molecule has 8 rings (SSSR count). The summed E-state index contributed by atoms with van der Waals surface area (Å²) >= 11 is 0. The van der Waals surface area contributed by atoms with Crippen LogP contribution >= 0.6 is 0 Å². The van der Waals surface area contributed by atoms with E-state index in [0.717, 1.165) is 50.7 Å². The summed E-state index contributed by atoms with van der Waals surface area (Å²) < 4.78 is 42.2. The van der Waals surface area contributed by atoms with Crippen molar-refractivity contribution in [2.24, 2.45) is 46.3 Å². The van der Waals surface area contributed by atoms with E-state index in [0.29, 0.717) is 42.4 Å². The molecule has 3 saturated heterocycles. The van der Waals surface area contributed by atoms with Gasteiger partial charge in [0.1, 0.15) is 79.4 Å². The molecule has 0 amide bonds. The lowest BCUT2D eigenvalue weighted by Crippen LogP contribution is -2.65. The molecular formula is C44H72O18. The number of rotatable bonds is 12. The van der Waals surface area contributed by atoms with Gasteiger partial charge in [-0.15, -0.1) is 0 Å². The Balaban J connectivity index is 0.889. The molecule has 356 valence electrons. The highest BCUT2D eigenvalue weighted by Gasteiger charge is 2.65. The molecule has 0 spiro atoms. The third-order valence-corrected chi connectivity index (χ3v) is 17.0. The van der Waals surface area contributed by atoms with Gasteiger partial charge in [0.05, 0.1) is 38.3 Å². The molecule has 7 unspecified atom stereocenters. The average Bonchev–Trinajstić information content (AvgIpc) is 3.73. The highest BCUT2D eigenvalue weighted by atomic mass is 16.8. The number of hydrogen-bond acceptors (Lipinski definition) is 18. The second kappa shape index (κ2) is 18.5. The number of aliphatic hydroxyl groups excluding tert-OH is 11. The molecule has 0 radical (unpaired) electrons. The van der Waals surface area contributed by atoms with Gasteiger partial charge < -0.3 is 89.3 Å². The van der Waals surface area contributed by atoms with Crippen molar-refractivity contribution < 1.29 is 89.3 Å². The maximum atomic E-state index is 11.2. The van der Waals surface area contributed by atoms with E-state index in [4.69, 9.17) is 33.2 Å². The Bertz CT molecular complexity index is 1570. The van der Waals surface area contributed by atoms with Crippen LogP contribution in [0.25, 0.3) is 0 Å². The lowest BCUT2D eigenvalue weighted by Gasteiger charge is -2.61. The second-order valence-electron chi connectivity index (χ2n) is 20.6. The van der Waals surface area contributed by atoms with Crippen LogP contribution in [-0.4, -0.2) is 187 Å². The van der Waals surface area contributed by atoms with Gasteiger partial charge in [0.2, 0.25) is 0 Å². The largest absolute Gasteiger partial charge is 0.494 e. The molecule has 11 N–H and O–H groups in total. The number of hydrogen-bond donors (Lipinski definition) is 11. The first kappa shape index (κ1) is 47.4. The molecule has 0 aromatic heterocycles. The van der Waals surface area contributed by atoms with Crippen molar-refractivity contribution in [1.82, 2.24) is 0 Å². The number of ether oxygens (including phenoxy) is 7. The van der Waals surface area contributed by atoms with Crippen LogP contribution < -0.4 is 0 Å². The number of allylic oxidation sites excluding steroid dienone is 1. The molecule has 4 saturated carbocycles. The third kappa shape index (κ3) is 8.22. The van der Waals surface area contributed by atoms with Crippen molar-refractivity contribution in [3.05, 3.63) is 11.3 Å². The van der Waals surface area contributed by atoms with Gasteiger partial charge in [-0.25, -0.2) is 0 Å². The summed E-state index contributed by atoms with van der Waals surface area (Å²) in [5, 5.41) is 113. The zero-order valence-electron chi connectivity index (χ0n) is 36.2. The molecule has 0 bridgehead atoms. The summed E-state index contributed by atoms with van der Waals surface area (Å²) in [6, 6.07) is 0. The predicted molar refractivity (Wildman–Crippen MR) is 213 cm³/mol. The topological polar surface area (TPSA) is 287 Å². The standard InChI is InChI=1S/C44H72O18/c1-18(17-56-40-37(54)34(51)31(48)27(14-45)59-40)11-25-19(2)30-26(58-25)13-24-22-6-5-20-12-21(7-9-43(20,3)23(22)8-10-44(24,30)4)57-42-39(36(53)33(50)29(16-47)61-42)62-41-38(55)35(52)32(49)28(15-46)60-41/h18,20-24,26-42,45-55H,5-17H2,1-4H3/t18?,20-,21?,22?,23?,24?,26?,27+,28-,29-,30?,31+,32-,33+,34-,35+,36+,37+,38-,39-,40+,41+,42-,43+,44+/m1/s1. The minimum Gasteiger partial charge on any atom is -0.494 e. The van der Waals surface area contributed by atoms with Crippen LogP contribution in [0.3, 0.4) is 0 Å². The zero-order chi connectivity index (χ0) is 44.6. The smallest absolute Gasteiger partial charge is 0.187 e. The first-order valence-corrected chi connectivity index (χ1v) is 23.0. The molecule has 18 heteroatoms. The maximum absolute atomic E-state index is 11.2. The van der Waals surface area contributed by atoms with Gasteiger partial charge >= 0.3 is 0 Å². The molecule has 4 heterocycles. The maximum Gasteiger partial charge on any atom is 0.187 e. The van der Waals surface area contributed by atoms with E-state index >= 15 is 0 Å². The van der Waals surface area contributed by atoms with Gasteiger partial charge in [-0.3, -0.25) is 0 Å². The van der Waals surface area contributed by atoms with Crippen LogP contribution in [0.2, 0.25) is 0 Å². The Hall–Kier alpha value is -1.14. The first-order valence-electron chi connectivity index (χ1n) is 23.0. The van der Waals surface area contributed by atoms with Gasteiger partial charge in [0, 0.05) is 12.3 Å². The molecule has 18 nitrogen and oxygen atoms in total. The molecule has 4 aliphatic heterocycles. The Labute approximate surface area is 362 Å². The summed E-state index contributed by atoms with van der Waals surface area (Å²) in [5.41, 5.74) is 1.48. The van der Waals surface area contributed by atoms with Crippen LogP contribution in [0.1, 0.15) is 85.5 Å². The third-order valence-electron chi connectivity index (χ3n) is 17.0. The minimum absolute atomic E-state index is 0.0122. The van der Waals surface area contributed by atoms with Gasteiger partial charge in [-0.1, -0.05) is 20.8 Å². The highest BCUT2D eigenvalue weighted by Crippen LogP contribution is 2.70. The lowest BCUT2D eigenvalue weighted by molar-refractivity contribution is -0.373. The Morgan fingerprint density at radius 3 is 1.85 bits per heavy atom. The summed E-state index contributed by atoms with van der Waals surface area (Å²) in [5.74, 6) is 3.30. The van der Waals surface area contributed by atoms with Gasteiger partial charge in [-0.2, -0.15) is 0 Å². The normalized spacial score (nSPS) is 53.3. The van der Waals surface area contributed by atoms with Crippen molar-refractivity contribution in [3.63, 3.8) is 0 Å². The fourth-order valence-electron chi connectivity index (χ4n) is 13.6. The van der Waals surface area contributed by atoms with Crippen molar-refractivity contribution in [2.75, 3.05) is 26.4 Å². The number of fused-ring (bicyclic) bond motifs is 7. The number of aliphatic hydroxyl groups is 11. The van der Waals surface area contributed by atoms with Crippen molar-refractivity contribution in [3.8, 4) is 0 Å². The van der Waals surface area contributed by atoms with Crippen LogP contribution in [-0.2, 0) is 33.2 Å². The average molecular weight is 889 g/mol. The van der Waals surface area contributed by atoms with E-state index in [9.17, 15) is 56.2 Å². The van der Waals surface area contributed by atoms with E-state index in [-0.39, 0.29) is 35.6 Å².